The number of amides is 2. The highest BCUT2D eigenvalue weighted by atomic mass is 16.4. The van der Waals surface area contributed by atoms with Gasteiger partial charge in [0, 0.05) is 25.7 Å². The van der Waals surface area contributed by atoms with Crippen LogP contribution >= 0.6 is 0 Å². The van der Waals surface area contributed by atoms with Gasteiger partial charge in [-0.05, 0) is 39.8 Å². The van der Waals surface area contributed by atoms with Crippen molar-refractivity contribution >= 4 is 12.0 Å². The number of rotatable bonds is 7. The van der Waals surface area contributed by atoms with Gasteiger partial charge in [-0.2, -0.15) is 0 Å². The van der Waals surface area contributed by atoms with Crippen LogP contribution in [-0.4, -0.2) is 66.7 Å². The zero-order valence-corrected chi connectivity index (χ0v) is 13.7. The van der Waals surface area contributed by atoms with Crippen molar-refractivity contribution in [2.45, 2.75) is 45.6 Å². The number of likely N-dealkylation sites (N-methyl/N-ethyl adjacent to an activating group) is 1. The molecule has 0 radical (unpaired) electrons. The first-order chi connectivity index (χ1) is 9.86. The molecular formula is C15H29N3O3. The van der Waals surface area contributed by atoms with Crippen molar-refractivity contribution in [2.75, 3.05) is 33.7 Å². The van der Waals surface area contributed by atoms with Gasteiger partial charge in [-0.1, -0.05) is 13.8 Å². The summed E-state index contributed by atoms with van der Waals surface area (Å²) < 4.78 is 0. The fourth-order valence-electron chi connectivity index (χ4n) is 2.94. The zero-order chi connectivity index (χ0) is 16.0. The molecule has 1 aliphatic heterocycles. The normalized spacial score (nSPS) is 19.1. The van der Waals surface area contributed by atoms with E-state index in [9.17, 15) is 14.7 Å². The maximum absolute atomic E-state index is 12.3. The molecule has 122 valence electrons. The molecule has 1 heterocycles. The highest BCUT2D eigenvalue weighted by Gasteiger charge is 2.36. The Morgan fingerprint density at radius 2 is 1.95 bits per heavy atom. The van der Waals surface area contributed by atoms with Crippen molar-refractivity contribution < 1.29 is 14.7 Å². The number of nitrogens with zero attached hydrogens (tertiary/aromatic N) is 2. The summed E-state index contributed by atoms with van der Waals surface area (Å²) in [6.45, 7) is 5.50. The lowest BCUT2D eigenvalue weighted by Gasteiger charge is -2.31. The summed E-state index contributed by atoms with van der Waals surface area (Å²) in [4.78, 5) is 27.7. The second-order valence-electron chi connectivity index (χ2n) is 6.20. The SMILES string of the molecule is CCC(CC)(CNC(=O)N1CCCC1CN(C)C)C(=O)O. The molecule has 1 aliphatic rings. The number of urea groups is 1. The molecule has 0 aliphatic carbocycles. The van der Waals surface area contributed by atoms with E-state index in [0.717, 1.165) is 25.9 Å². The van der Waals surface area contributed by atoms with Crippen LogP contribution in [0.25, 0.3) is 0 Å². The fourth-order valence-corrected chi connectivity index (χ4v) is 2.94. The van der Waals surface area contributed by atoms with Crippen LogP contribution in [0.1, 0.15) is 39.5 Å². The standard InChI is InChI=1S/C15H29N3O3/c1-5-15(6-2,13(19)20)11-16-14(21)18-9-7-8-12(18)10-17(3)4/h12H,5-11H2,1-4H3,(H,16,21)(H,19,20). The summed E-state index contributed by atoms with van der Waals surface area (Å²) in [5, 5.41) is 12.2. The average Bonchev–Trinajstić information content (AvgIpc) is 2.87. The van der Waals surface area contributed by atoms with Crippen LogP contribution in [0.15, 0.2) is 0 Å². The fraction of sp³-hybridized carbons (Fsp3) is 0.867. The topological polar surface area (TPSA) is 72.9 Å². The Balaban J connectivity index is 2.62. The minimum absolute atomic E-state index is 0.133. The monoisotopic (exact) mass is 299 g/mol. The highest BCUT2D eigenvalue weighted by Crippen LogP contribution is 2.26. The first-order valence-electron chi connectivity index (χ1n) is 7.79. The number of hydrogen-bond donors (Lipinski definition) is 2. The van der Waals surface area contributed by atoms with E-state index in [1.54, 1.807) is 0 Å². The Morgan fingerprint density at radius 1 is 1.33 bits per heavy atom. The number of carbonyl (C=O) groups is 2. The summed E-state index contributed by atoms with van der Waals surface area (Å²) >= 11 is 0. The number of hydrogen-bond acceptors (Lipinski definition) is 3. The molecule has 2 N–H and O–H groups in total. The number of carboxylic acid groups (broad SMARTS) is 1. The largest absolute Gasteiger partial charge is 0.481 e. The van der Waals surface area contributed by atoms with E-state index in [1.165, 1.54) is 0 Å². The van der Waals surface area contributed by atoms with Crippen molar-refractivity contribution in [3.63, 3.8) is 0 Å². The van der Waals surface area contributed by atoms with E-state index in [1.807, 2.05) is 32.8 Å². The smallest absolute Gasteiger partial charge is 0.317 e. The molecule has 0 aromatic heterocycles. The summed E-state index contributed by atoms with van der Waals surface area (Å²) in [7, 11) is 4.00. The molecule has 6 nitrogen and oxygen atoms in total. The number of carboxylic acids is 1. The van der Waals surface area contributed by atoms with Gasteiger partial charge >= 0.3 is 12.0 Å². The number of nitrogens with one attached hydrogen (secondary N) is 1. The van der Waals surface area contributed by atoms with Crippen molar-refractivity contribution in [3.8, 4) is 0 Å². The van der Waals surface area contributed by atoms with Gasteiger partial charge in [0.25, 0.3) is 0 Å². The van der Waals surface area contributed by atoms with Crippen LogP contribution in [0, 0.1) is 5.41 Å². The van der Waals surface area contributed by atoms with Crippen molar-refractivity contribution in [3.05, 3.63) is 0 Å². The minimum Gasteiger partial charge on any atom is -0.481 e. The molecule has 0 aromatic carbocycles. The van der Waals surface area contributed by atoms with Gasteiger partial charge in [0.15, 0.2) is 0 Å². The summed E-state index contributed by atoms with van der Waals surface area (Å²) in [6, 6.07) is 0.0920. The molecule has 6 heteroatoms. The van der Waals surface area contributed by atoms with Crippen LogP contribution in [0.3, 0.4) is 0 Å². The molecule has 0 aromatic rings. The van der Waals surface area contributed by atoms with Gasteiger partial charge in [-0.15, -0.1) is 0 Å². The molecule has 2 amide bonds. The third-order valence-corrected chi connectivity index (χ3v) is 4.60. The third kappa shape index (κ3) is 4.33. The first kappa shape index (κ1) is 17.8. The molecule has 0 spiro atoms. The molecule has 21 heavy (non-hydrogen) atoms. The van der Waals surface area contributed by atoms with E-state index >= 15 is 0 Å². The lowest BCUT2D eigenvalue weighted by Crippen LogP contribution is -2.50. The average molecular weight is 299 g/mol. The molecule has 1 rings (SSSR count). The zero-order valence-electron chi connectivity index (χ0n) is 13.7. The van der Waals surface area contributed by atoms with E-state index in [4.69, 9.17) is 0 Å². The second kappa shape index (κ2) is 7.64. The predicted molar refractivity (Wildman–Crippen MR) is 82.3 cm³/mol. The third-order valence-electron chi connectivity index (χ3n) is 4.60. The summed E-state index contributed by atoms with van der Waals surface area (Å²) in [6.07, 6.45) is 3.05. The second-order valence-corrected chi connectivity index (χ2v) is 6.20. The number of carbonyl (C=O) groups excluding carboxylic acids is 1. The van der Waals surface area contributed by atoms with Gasteiger partial charge in [-0.25, -0.2) is 4.79 Å². The van der Waals surface area contributed by atoms with Crippen molar-refractivity contribution in [1.82, 2.24) is 15.1 Å². The Kier molecular flexibility index (Phi) is 6.45. The van der Waals surface area contributed by atoms with Crippen LogP contribution < -0.4 is 5.32 Å². The van der Waals surface area contributed by atoms with Crippen LogP contribution in [-0.2, 0) is 4.79 Å². The Hall–Kier alpha value is -1.30. The van der Waals surface area contributed by atoms with E-state index < -0.39 is 11.4 Å². The molecule has 1 fully saturated rings. The number of likely N-dealkylation sites (tertiary alicyclic amines) is 1. The Bertz CT molecular complexity index is 367. The molecule has 1 saturated heterocycles. The van der Waals surface area contributed by atoms with Gasteiger partial charge in [0.05, 0.1) is 5.41 Å². The van der Waals surface area contributed by atoms with Crippen LogP contribution in [0.2, 0.25) is 0 Å². The summed E-state index contributed by atoms with van der Waals surface area (Å²) in [5.41, 5.74) is -0.855. The van der Waals surface area contributed by atoms with E-state index in [2.05, 4.69) is 10.2 Å². The van der Waals surface area contributed by atoms with Gasteiger partial charge in [-0.3, -0.25) is 4.79 Å². The summed E-state index contributed by atoms with van der Waals surface area (Å²) in [5.74, 6) is -0.834. The first-order valence-corrected chi connectivity index (χ1v) is 7.79. The molecular weight excluding hydrogens is 270 g/mol. The predicted octanol–water partition coefficient (Wildman–Crippen LogP) is 1.61. The van der Waals surface area contributed by atoms with Crippen molar-refractivity contribution in [1.29, 1.82) is 0 Å². The lowest BCUT2D eigenvalue weighted by atomic mass is 9.82. The highest BCUT2D eigenvalue weighted by molar-refractivity contribution is 5.78. The molecule has 1 atom stereocenters. The van der Waals surface area contributed by atoms with Crippen LogP contribution in [0.5, 0.6) is 0 Å². The van der Waals surface area contributed by atoms with Crippen molar-refractivity contribution in [2.24, 2.45) is 5.41 Å². The minimum atomic E-state index is -0.855. The quantitative estimate of drug-likeness (QED) is 0.749. The lowest BCUT2D eigenvalue weighted by molar-refractivity contribution is -0.149. The maximum Gasteiger partial charge on any atom is 0.317 e. The molecule has 0 bridgehead atoms. The maximum atomic E-state index is 12.3. The molecule has 1 unspecified atom stereocenters. The Labute approximate surface area is 127 Å². The van der Waals surface area contributed by atoms with Gasteiger partial charge < -0.3 is 20.2 Å². The van der Waals surface area contributed by atoms with E-state index in [0.29, 0.717) is 12.8 Å². The number of aliphatic carboxylic acids is 1. The van der Waals surface area contributed by atoms with E-state index in [-0.39, 0.29) is 18.6 Å². The van der Waals surface area contributed by atoms with Crippen LogP contribution in [0.4, 0.5) is 4.79 Å². The van der Waals surface area contributed by atoms with Gasteiger partial charge in [0.2, 0.25) is 0 Å². The van der Waals surface area contributed by atoms with Gasteiger partial charge in [0.1, 0.15) is 0 Å². The Morgan fingerprint density at radius 3 is 2.43 bits per heavy atom. The molecule has 0 saturated carbocycles.